The fraction of sp³-hybridized carbons (Fsp3) is 0.787. The second-order valence-electron chi connectivity index (χ2n) is 19.2. The first-order valence-electron chi connectivity index (χ1n) is 28.8. The van der Waals surface area contributed by atoms with E-state index >= 15 is 0 Å². The molecule has 388 valence electrons. The highest BCUT2D eigenvalue weighted by Crippen LogP contribution is 2.16. The van der Waals surface area contributed by atoms with Crippen LogP contribution >= 0.6 is 0 Å². The average molecular weight is 938 g/mol. The number of ether oxygens (including phenoxy) is 3. The fourth-order valence-electron chi connectivity index (χ4n) is 8.19. The van der Waals surface area contributed by atoms with Crippen molar-refractivity contribution < 1.29 is 28.6 Å². The largest absolute Gasteiger partial charge is 0.462 e. The molecule has 0 rings (SSSR count). The molecule has 0 aromatic heterocycles. The lowest BCUT2D eigenvalue weighted by atomic mass is 10.0. The van der Waals surface area contributed by atoms with Crippen molar-refractivity contribution in [3.8, 4) is 0 Å². The minimum absolute atomic E-state index is 0.0795. The molecule has 0 N–H and O–H groups in total. The van der Waals surface area contributed by atoms with Gasteiger partial charge in [-0.3, -0.25) is 14.4 Å². The quantitative estimate of drug-likeness (QED) is 0.0262. The Balaban J connectivity index is 4.39. The first kappa shape index (κ1) is 64.1. The van der Waals surface area contributed by atoms with Gasteiger partial charge in [0.25, 0.3) is 0 Å². The van der Waals surface area contributed by atoms with E-state index in [-0.39, 0.29) is 31.1 Å². The first-order valence-corrected chi connectivity index (χ1v) is 28.8. The van der Waals surface area contributed by atoms with E-state index in [0.717, 1.165) is 103 Å². The zero-order valence-electron chi connectivity index (χ0n) is 44.4. The molecule has 0 aliphatic rings. The summed E-state index contributed by atoms with van der Waals surface area (Å²) in [6.45, 7) is 6.53. The number of carbonyl (C=O) groups is 3. The summed E-state index contributed by atoms with van der Waals surface area (Å²) in [6.07, 6.45) is 69.2. The van der Waals surface area contributed by atoms with Crippen LogP contribution < -0.4 is 0 Å². The molecule has 1 atom stereocenters. The van der Waals surface area contributed by atoms with Gasteiger partial charge in [-0.25, -0.2) is 0 Å². The number of unbranched alkanes of at least 4 members (excludes halogenated alkanes) is 31. The van der Waals surface area contributed by atoms with Crippen LogP contribution in [0.15, 0.2) is 60.8 Å². The van der Waals surface area contributed by atoms with Gasteiger partial charge in [0.05, 0.1) is 0 Å². The standard InChI is InChI=1S/C61H108O6/c1-4-7-10-13-16-19-22-25-28-29-30-31-34-36-39-42-45-48-51-54-60(63)66-57-58(67-61(64)55-52-49-46-43-40-37-33-27-24-21-18-15-12-9-6-3)56-65-59(62)53-50-47-44-41-38-35-32-26-23-20-17-14-11-8-5-2/h7,10,16,19,25,27-28,30-31,33,58H,4-6,8-9,11-15,17-18,20-24,26,29,32,34-57H2,1-3H3/b10-7-,19-16-,28-25-,31-30-,33-27-. The van der Waals surface area contributed by atoms with E-state index in [9.17, 15) is 14.4 Å². The molecule has 6 nitrogen and oxygen atoms in total. The molecule has 1 unspecified atom stereocenters. The molecular formula is C61H108O6. The highest BCUT2D eigenvalue weighted by atomic mass is 16.6. The highest BCUT2D eigenvalue weighted by Gasteiger charge is 2.19. The number of hydrogen-bond acceptors (Lipinski definition) is 6. The fourth-order valence-corrected chi connectivity index (χ4v) is 8.19. The lowest BCUT2D eigenvalue weighted by Crippen LogP contribution is -2.30. The minimum Gasteiger partial charge on any atom is -0.462 e. The summed E-state index contributed by atoms with van der Waals surface area (Å²) in [5.74, 6) is -0.890. The molecule has 0 radical (unpaired) electrons. The maximum atomic E-state index is 12.8. The normalized spacial score (nSPS) is 12.5. The van der Waals surface area contributed by atoms with Gasteiger partial charge in [0, 0.05) is 19.3 Å². The molecule has 0 aromatic rings. The molecule has 0 aliphatic carbocycles. The van der Waals surface area contributed by atoms with E-state index < -0.39 is 6.10 Å². The summed E-state index contributed by atoms with van der Waals surface area (Å²) in [5, 5.41) is 0. The monoisotopic (exact) mass is 937 g/mol. The van der Waals surface area contributed by atoms with Crippen molar-refractivity contribution in [3.63, 3.8) is 0 Å². The first-order chi connectivity index (χ1) is 33.0. The molecule has 6 heteroatoms. The smallest absolute Gasteiger partial charge is 0.306 e. The maximum absolute atomic E-state index is 12.8. The number of esters is 3. The Morgan fingerprint density at radius 3 is 0.925 bits per heavy atom. The van der Waals surface area contributed by atoms with Crippen LogP contribution in [-0.4, -0.2) is 37.2 Å². The Kier molecular flexibility index (Phi) is 53.3. The summed E-state index contributed by atoms with van der Waals surface area (Å²) in [5.41, 5.74) is 0. The van der Waals surface area contributed by atoms with Crippen LogP contribution in [0.3, 0.4) is 0 Å². The van der Waals surface area contributed by atoms with Gasteiger partial charge in [0.2, 0.25) is 0 Å². The summed E-state index contributed by atoms with van der Waals surface area (Å²) < 4.78 is 16.9. The van der Waals surface area contributed by atoms with Crippen molar-refractivity contribution in [2.75, 3.05) is 13.2 Å². The molecule has 67 heavy (non-hydrogen) atoms. The molecule has 0 fully saturated rings. The van der Waals surface area contributed by atoms with Gasteiger partial charge < -0.3 is 14.2 Å². The summed E-state index contributed by atoms with van der Waals surface area (Å²) in [6, 6.07) is 0. The Morgan fingerprint density at radius 1 is 0.313 bits per heavy atom. The molecule has 0 heterocycles. The third-order valence-corrected chi connectivity index (χ3v) is 12.5. The Hall–Kier alpha value is -2.89. The van der Waals surface area contributed by atoms with Gasteiger partial charge in [-0.15, -0.1) is 0 Å². The lowest BCUT2D eigenvalue weighted by Gasteiger charge is -2.18. The van der Waals surface area contributed by atoms with Crippen LogP contribution in [-0.2, 0) is 28.6 Å². The van der Waals surface area contributed by atoms with E-state index in [1.165, 1.54) is 148 Å². The molecule has 0 amide bonds. The average Bonchev–Trinajstić information content (AvgIpc) is 3.33. The number of hydrogen-bond donors (Lipinski definition) is 0. The number of allylic oxidation sites excluding steroid dienone is 10. The van der Waals surface area contributed by atoms with E-state index in [2.05, 4.69) is 81.5 Å². The number of carbonyl (C=O) groups excluding carboxylic acids is 3. The van der Waals surface area contributed by atoms with Crippen LogP contribution in [0.25, 0.3) is 0 Å². The van der Waals surface area contributed by atoms with Crippen molar-refractivity contribution in [1.29, 1.82) is 0 Å². The summed E-state index contributed by atoms with van der Waals surface area (Å²) >= 11 is 0. The van der Waals surface area contributed by atoms with Crippen molar-refractivity contribution in [2.45, 2.75) is 297 Å². The van der Waals surface area contributed by atoms with Crippen molar-refractivity contribution in [1.82, 2.24) is 0 Å². The molecule has 0 aromatic carbocycles. The lowest BCUT2D eigenvalue weighted by molar-refractivity contribution is -0.167. The maximum Gasteiger partial charge on any atom is 0.306 e. The van der Waals surface area contributed by atoms with Crippen LogP contribution in [0.2, 0.25) is 0 Å². The molecule has 0 saturated carbocycles. The van der Waals surface area contributed by atoms with E-state index in [0.29, 0.717) is 19.3 Å². The second kappa shape index (κ2) is 55.7. The van der Waals surface area contributed by atoms with Gasteiger partial charge in [0.1, 0.15) is 13.2 Å². The van der Waals surface area contributed by atoms with E-state index in [4.69, 9.17) is 14.2 Å². The SMILES string of the molecule is CC/C=C\C/C=C\C/C=C\C/C=C\CCCCCCCCC(=O)OCC(COC(=O)CCCCCCCCCCCCCCCCC)OC(=O)CCCCCCC/C=C\CCCCCCCC. The van der Waals surface area contributed by atoms with E-state index in [1.54, 1.807) is 0 Å². The minimum atomic E-state index is -0.783. The Bertz CT molecular complexity index is 1210. The van der Waals surface area contributed by atoms with Gasteiger partial charge in [0.15, 0.2) is 6.10 Å². The molecule has 0 saturated heterocycles. The molecule has 0 bridgehead atoms. The molecular weight excluding hydrogens is 829 g/mol. The predicted octanol–water partition coefficient (Wildman–Crippen LogP) is 19.2. The summed E-state index contributed by atoms with van der Waals surface area (Å²) in [7, 11) is 0. The zero-order valence-corrected chi connectivity index (χ0v) is 44.4. The third kappa shape index (κ3) is 53.9. The third-order valence-electron chi connectivity index (χ3n) is 12.5. The van der Waals surface area contributed by atoms with Crippen LogP contribution in [0.1, 0.15) is 290 Å². The number of rotatable bonds is 52. The van der Waals surface area contributed by atoms with Crippen molar-refractivity contribution in [2.24, 2.45) is 0 Å². The van der Waals surface area contributed by atoms with Crippen LogP contribution in [0.4, 0.5) is 0 Å². The van der Waals surface area contributed by atoms with Gasteiger partial charge in [-0.05, 0) is 83.5 Å². The van der Waals surface area contributed by atoms with Crippen molar-refractivity contribution >= 4 is 17.9 Å². The predicted molar refractivity (Wildman–Crippen MR) is 288 cm³/mol. The van der Waals surface area contributed by atoms with Gasteiger partial charge in [-0.2, -0.15) is 0 Å². The van der Waals surface area contributed by atoms with Gasteiger partial charge >= 0.3 is 17.9 Å². The van der Waals surface area contributed by atoms with Crippen LogP contribution in [0, 0.1) is 0 Å². The topological polar surface area (TPSA) is 78.9 Å². The highest BCUT2D eigenvalue weighted by molar-refractivity contribution is 5.71. The Labute approximate surface area is 415 Å². The van der Waals surface area contributed by atoms with Gasteiger partial charge in [-0.1, -0.05) is 248 Å². The molecule has 0 aliphatic heterocycles. The Morgan fingerprint density at radius 2 is 0.582 bits per heavy atom. The van der Waals surface area contributed by atoms with Crippen molar-refractivity contribution in [3.05, 3.63) is 60.8 Å². The summed E-state index contributed by atoms with van der Waals surface area (Å²) in [4.78, 5) is 38.2. The van der Waals surface area contributed by atoms with E-state index in [1.807, 2.05) is 0 Å². The second-order valence-corrected chi connectivity index (χ2v) is 19.2. The van der Waals surface area contributed by atoms with Crippen LogP contribution in [0.5, 0.6) is 0 Å². The zero-order chi connectivity index (χ0) is 48.6. The molecule has 0 spiro atoms.